The van der Waals surface area contributed by atoms with Crippen molar-refractivity contribution in [2.75, 3.05) is 5.73 Å². The van der Waals surface area contributed by atoms with Gasteiger partial charge in [-0.25, -0.2) is 4.98 Å². The number of pyridine rings is 1. The Kier molecular flexibility index (Phi) is 5.76. The molecule has 1 aliphatic rings. The first-order valence-corrected chi connectivity index (χ1v) is 10.1. The Labute approximate surface area is 180 Å². The van der Waals surface area contributed by atoms with Gasteiger partial charge >= 0.3 is 0 Å². The lowest BCUT2D eigenvalue weighted by Crippen LogP contribution is -2.63. The number of rotatable bonds is 6. The van der Waals surface area contributed by atoms with E-state index in [1.807, 2.05) is 60.7 Å². The number of hydrogen-bond acceptors (Lipinski definition) is 5. The molecule has 1 saturated heterocycles. The molecule has 154 valence electrons. The van der Waals surface area contributed by atoms with Gasteiger partial charge in [0.15, 0.2) is 0 Å². The molecule has 1 fully saturated rings. The van der Waals surface area contributed by atoms with Crippen LogP contribution in [0.5, 0.6) is 0 Å². The molecule has 6 heteroatoms. The molecule has 2 aromatic carbocycles. The van der Waals surface area contributed by atoms with E-state index in [2.05, 4.69) is 11.1 Å². The van der Waals surface area contributed by atoms with E-state index in [4.69, 9.17) is 5.73 Å². The molecule has 0 saturated carbocycles. The minimum atomic E-state index is -0.776. The van der Waals surface area contributed by atoms with Gasteiger partial charge in [-0.15, -0.1) is 0 Å². The number of anilines is 1. The van der Waals surface area contributed by atoms with Crippen LogP contribution in [0.3, 0.4) is 0 Å². The molecule has 2 amide bonds. The number of aromatic nitrogens is 1. The number of nitrogen functional groups attached to an aromatic ring is 1. The van der Waals surface area contributed by atoms with Gasteiger partial charge in [0.2, 0.25) is 11.8 Å². The Morgan fingerprint density at radius 1 is 1.06 bits per heavy atom. The van der Waals surface area contributed by atoms with Crippen LogP contribution in [0.4, 0.5) is 5.82 Å². The summed E-state index contributed by atoms with van der Waals surface area (Å²) in [5.41, 5.74) is 8.52. The third-order valence-corrected chi connectivity index (χ3v) is 5.70. The van der Waals surface area contributed by atoms with E-state index in [1.165, 1.54) is 0 Å². The second-order valence-corrected chi connectivity index (χ2v) is 7.65. The van der Waals surface area contributed by atoms with E-state index in [-0.39, 0.29) is 24.2 Å². The summed E-state index contributed by atoms with van der Waals surface area (Å²) in [5.74, 6) is -1.03. The number of nitrogens with zero attached hydrogens (tertiary/aromatic N) is 3. The van der Waals surface area contributed by atoms with Gasteiger partial charge in [-0.05, 0) is 35.2 Å². The number of imide groups is 1. The molecule has 0 aliphatic carbocycles. The molecular weight excluding hydrogens is 388 g/mol. The lowest BCUT2D eigenvalue weighted by Gasteiger charge is -2.42. The highest BCUT2D eigenvalue weighted by Gasteiger charge is 2.50. The molecule has 0 spiro atoms. The zero-order valence-corrected chi connectivity index (χ0v) is 16.9. The van der Waals surface area contributed by atoms with Crippen molar-refractivity contribution in [3.05, 3.63) is 95.7 Å². The maximum absolute atomic E-state index is 13.1. The number of nitriles is 1. The topological polar surface area (TPSA) is 100 Å². The number of benzene rings is 2. The van der Waals surface area contributed by atoms with E-state index in [1.54, 1.807) is 18.3 Å². The normalized spacial score (nSPS) is 17.8. The zero-order valence-electron chi connectivity index (χ0n) is 16.9. The minimum Gasteiger partial charge on any atom is -0.384 e. The molecule has 2 atom stereocenters. The second-order valence-electron chi connectivity index (χ2n) is 7.65. The molecule has 0 bridgehead atoms. The quantitative estimate of drug-likeness (QED) is 0.629. The summed E-state index contributed by atoms with van der Waals surface area (Å²) >= 11 is 0. The van der Waals surface area contributed by atoms with Crippen molar-refractivity contribution in [1.29, 1.82) is 5.26 Å². The van der Waals surface area contributed by atoms with Crippen LogP contribution in [0.15, 0.2) is 79.0 Å². The molecule has 6 nitrogen and oxygen atoms in total. The van der Waals surface area contributed by atoms with Gasteiger partial charge < -0.3 is 5.73 Å². The van der Waals surface area contributed by atoms with Crippen molar-refractivity contribution >= 4 is 17.6 Å². The summed E-state index contributed by atoms with van der Waals surface area (Å²) < 4.78 is 0. The highest BCUT2D eigenvalue weighted by molar-refractivity contribution is 6.03. The molecule has 1 unspecified atom stereocenters. The maximum Gasteiger partial charge on any atom is 0.236 e. The van der Waals surface area contributed by atoms with Crippen molar-refractivity contribution in [2.45, 2.75) is 24.8 Å². The summed E-state index contributed by atoms with van der Waals surface area (Å²) in [5, 5.41) is 9.66. The second kappa shape index (κ2) is 8.80. The molecule has 2 heterocycles. The standard InChI is InChI=1S/C25H22N4O2/c26-16-22-21(13-17-11-12-28-23(27)14-17)25(31)29(22)24(30)15-20(18-7-3-1-4-8-18)19-9-5-2-6-10-19/h1-12,14,20-22H,13,15H2,(H2,27,28)/t21?,22-/m1/s1. The summed E-state index contributed by atoms with van der Waals surface area (Å²) in [6.45, 7) is 0. The van der Waals surface area contributed by atoms with Crippen LogP contribution < -0.4 is 5.73 Å². The van der Waals surface area contributed by atoms with Gasteiger partial charge in [0.25, 0.3) is 0 Å². The van der Waals surface area contributed by atoms with E-state index in [9.17, 15) is 14.9 Å². The monoisotopic (exact) mass is 410 g/mol. The Balaban J connectivity index is 1.53. The van der Waals surface area contributed by atoms with Crippen molar-refractivity contribution in [2.24, 2.45) is 5.92 Å². The number of likely N-dealkylation sites (tertiary alicyclic amines) is 1. The highest BCUT2D eigenvalue weighted by Crippen LogP contribution is 2.34. The largest absolute Gasteiger partial charge is 0.384 e. The fraction of sp³-hybridized carbons (Fsp3) is 0.200. The zero-order chi connectivity index (χ0) is 21.8. The van der Waals surface area contributed by atoms with E-state index < -0.39 is 12.0 Å². The summed E-state index contributed by atoms with van der Waals surface area (Å²) in [7, 11) is 0. The molecule has 31 heavy (non-hydrogen) atoms. The van der Waals surface area contributed by atoms with Gasteiger partial charge in [-0.2, -0.15) is 5.26 Å². The number of carbonyl (C=O) groups excluding carboxylic acids is 2. The van der Waals surface area contributed by atoms with Crippen LogP contribution >= 0.6 is 0 Å². The Morgan fingerprint density at radius 2 is 1.68 bits per heavy atom. The van der Waals surface area contributed by atoms with E-state index in [0.717, 1.165) is 21.6 Å². The average molecular weight is 410 g/mol. The number of nitrogens with two attached hydrogens (primary N) is 1. The van der Waals surface area contributed by atoms with Gasteiger partial charge in [0, 0.05) is 18.5 Å². The number of hydrogen-bond donors (Lipinski definition) is 1. The summed E-state index contributed by atoms with van der Waals surface area (Å²) in [4.78, 5) is 31.0. The Hall–Kier alpha value is -3.98. The van der Waals surface area contributed by atoms with Gasteiger partial charge in [0.05, 0.1) is 12.0 Å². The van der Waals surface area contributed by atoms with Crippen LogP contribution in [0.2, 0.25) is 0 Å². The summed E-state index contributed by atoms with van der Waals surface area (Å²) in [6, 6.07) is 24.3. The fourth-order valence-corrected chi connectivity index (χ4v) is 4.12. The van der Waals surface area contributed by atoms with Crippen molar-refractivity contribution in [3.8, 4) is 6.07 Å². The third-order valence-electron chi connectivity index (χ3n) is 5.70. The SMILES string of the molecule is N#C[C@@H]1C(Cc2ccnc(N)c2)C(=O)N1C(=O)CC(c1ccccc1)c1ccccc1. The third kappa shape index (κ3) is 4.17. The van der Waals surface area contributed by atoms with E-state index in [0.29, 0.717) is 12.2 Å². The molecule has 1 aromatic heterocycles. The lowest BCUT2D eigenvalue weighted by atomic mass is 9.81. The molecule has 3 aromatic rings. The number of β-lactam (4-membered cyclic amide) rings is 1. The fourth-order valence-electron chi connectivity index (χ4n) is 4.12. The maximum atomic E-state index is 13.1. The van der Waals surface area contributed by atoms with Crippen molar-refractivity contribution < 1.29 is 9.59 Å². The smallest absolute Gasteiger partial charge is 0.236 e. The van der Waals surface area contributed by atoms with Crippen LogP contribution in [0, 0.1) is 17.2 Å². The van der Waals surface area contributed by atoms with Crippen LogP contribution in [-0.4, -0.2) is 27.7 Å². The first-order valence-electron chi connectivity index (χ1n) is 10.1. The van der Waals surface area contributed by atoms with Crippen LogP contribution in [0.1, 0.15) is 29.0 Å². The average Bonchev–Trinajstić information content (AvgIpc) is 2.80. The first kappa shape index (κ1) is 20.3. The molecule has 0 radical (unpaired) electrons. The van der Waals surface area contributed by atoms with Crippen molar-refractivity contribution in [1.82, 2.24) is 9.88 Å². The lowest BCUT2D eigenvalue weighted by molar-refractivity contribution is -0.163. The Morgan fingerprint density at radius 3 is 2.23 bits per heavy atom. The molecule has 2 N–H and O–H groups in total. The van der Waals surface area contributed by atoms with Crippen molar-refractivity contribution in [3.63, 3.8) is 0 Å². The minimum absolute atomic E-state index is 0.118. The Bertz CT molecular complexity index is 1090. The molecule has 1 aliphatic heterocycles. The van der Waals surface area contributed by atoms with Crippen LogP contribution in [0.25, 0.3) is 0 Å². The molecule has 4 rings (SSSR count). The number of carbonyl (C=O) groups is 2. The van der Waals surface area contributed by atoms with E-state index >= 15 is 0 Å². The molecular formula is C25H22N4O2. The van der Waals surface area contributed by atoms with Crippen LogP contribution in [-0.2, 0) is 16.0 Å². The van der Waals surface area contributed by atoms with Gasteiger partial charge in [-0.3, -0.25) is 14.5 Å². The highest BCUT2D eigenvalue weighted by atomic mass is 16.2. The van der Waals surface area contributed by atoms with Gasteiger partial charge in [-0.1, -0.05) is 60.7 Å². The first-order chi connectivity index (χ1) is 15.1. The predicted octanol–water partition coefficient (Wildman–Crippen LogP) is 3.31. The van der Waals surface area contributed by atoms with Gasteiger partial charge in [0.1, 0.15) is 11.9 Å². The number of amides is 2. The summed E-state index contributed by atoms with van der Waals surface area (Å²) in [6.07, 6.45) is 2.05. The predicted molar refractivity (Wildman–Crippen MR) is 116 cm³/mol.